The molecular formula is C13H17NO2. The molecule has 1 atom stereocenters. The zero-order valence-electron chi connectivity index (χ0n) is 9.69. The van der Waals surface area contributed by atoms with Crippen LogP contribution in [0.5, 0.6) is 0 Å². The fraction of sp³-hybridized carbons (Fsp3) is 0.462. The van der Waals surface area contributed by atoms with Gasteiger partial charge in [0.1, 0.15) is 6.61 Å². The molecule has 1 aliphatic rings. The number of ether oxygens (including phenoxy) is 1. The molecule has 1 aromatic rings. The van der Waals surface area contributed by atoms with Crippen molar-refractivity contribution < 1.29 is 9.53 Å². The predicted molar refractivity (Wildman–Crippen MR) is 62.2 cm³/mol. The lowest BCUT2D eigenvalue weighted by Crippen LogP contribution is -2.40. The first-order chi connectivity index (χ1) is 7.68. The van der Waals surface area contributed by atoms with Crippen LogP contribution in [0.2, 0.25) is 0 Å². The van der Waals surface area contributed by atoms with Crippen LogP contribution in [-0.4, -0.2) is 19.1 Å². The Morgan fingerprint density at radius 3 is 2.81 bits per heavy atom. The Morgan fingerprint density at radius 1 is 1.38 bits per heavy atom. The summed E-state index contributed by atoms with van der Waals surface area (Å²) in [4.78, 5) is 11.3. The normalized spacial score (nSPS) is 20.9. The van der Waals surface area contributed by atoms with Gasteiger partial charge in [-0.15, -0.1) is 0 Å². The van der Waals surface area contributed by atoms with E-state index in [1.54, 1.807) is 0 Å². The van der Waals surface area contributed by atoms with E-state index in [9.17, 15) is 4.79 Å². The van der Waals surface area contributed by atoms with E-state index in [0.717, 1.165) is 0 Å². The first kappa shape index (κ1) is 11.1. The van der Waals surface area contributed by atoms with E-state index in [1.807, 2.05) is 12.1 Å². The molecule has 1 aromatic carbocycles. The van der Waals surface area contributed by atoms with Crippen molar-refractivity contribution in [3.63, 3.8) is 0 Å². The lowest BCUT2D eigenvalue weighted by atomic mass is 9.93. The fourth-order valence-electron chi connectivity index (χ4n) is 2.07. The van der Waals surface area contributed by atoms with Gasteiger partial charge in [-0.1, -0.05) is 38.1 Å². The van der Waals surface area contributed by atoms with Crippen LogP contribution < -0.4 is 5.32 Å². The molecule has 2 rings (SSSR count). The van der Waals surface area contributed by atoms with Gasteiger partial charge in [-0.2, -0.15) is 0 Å². The van der Waals surface area contributed by atoms with E-state index in [0.29, 0.717) is 12.5 Å². The van der Waals surface area contributed by atoms with E-state index in [-0.39, 0.29) is 18.6 Å². The summed E-state index contributed by atoms with van der Waals surface area (Å²) < 4.78 is 5.27. The third-order valence-electron chi connectivity index (χ3n) is 2.85. The Labute approximate surface area is 95.8 Å². The first-order valence-corrected chi connectivity index (χ1v) is 5.64. The zero-order valence-corrected chi connectivity index (χ0v) is 9.69. The molecule has 0 bridgehead atoms. The number of morpholine rings is 1. The number of hydrogen-bond donors (Lipinski definition) is 1. The summed E-state index contributed by atoms with van der Waals surface area (Å²) in [7, 11) is 0. The lowest BCUT2D eigenvalue weighted by Gasteiger charge is -2.26. The smallest absolute Gasteiger partial charge is 0.246 e. The molecule has 0 spiro atoms. The van der Waals surface area contributed by atoms with Crippen molar-refractivity contribution in [1.29, 1.82) is 0 Å². The third-order valence-corrected chi connectivity index (χ3v) is 2.85. The van der Waals surface area contributed by atoms with Crippen molar-refractivity contribution in [1.82, 2.24) is 5.32 Å². The Morgan fingerprint density at radius 2 is 2.12 bits per heavy atom. The van der Waals surface area contributed by atoms with Crippen LogP contribution in [0.1, 0.15) is 36.9 Å². The Hall–Kier alpha value is -1.35. The maximum Gasteiger partial charge on any atom is 0.246 e. The highest BCUT2D eigenvalue weighted by Crippen LogP contribution is 2.26. The van der Waals surface area contributed by atoms with E-state index >= 15 is 0 Å². The highest BCUT2D eigenvalue weighted by atomic mass is 16.5. The second-order valence-electron chi connectivity index (χ2n) is 4.42. The number of carbonyl (C=O) groups is 1. The van der Waals surface area contributed by atoms with Gasteiger partial charge in [0.25, 0.3) is 0 Å². The summed E-state index contributed by atoms with van der Waals surface area (Å²) in [6.45, 7) is 5.06. The molecule has 86 valence electrons. The van der Waals surface area contributed by atoms with Gasteiger partial charge in [-0.3, -0.25) is 4.79 Å². The summed E-state index contributed by atoms with van der Waals surface area (Å²) in [6, 6.07) is 8.21. The lowest BCUT2D eigenvalue weighted by molar-refractivity contribution is -0.131. The van der Waals surface area contributed by atoms with Gasteiger partial charge in [0.15, 0.2) is 0 Å². The summed E-state index contributed by atoms with van der Waals surface area (Å²) in [6.07, 6.45) is 0. The minimum atomic E-state index is -0.0326. The summed E-state index contributed by atoms with van der Waals surface area (Å²) in [5.41, 5.74) is 2.45. The minimum Gasteiger partial charge on any atom is -0.369 e. The number of rotatable bonds is 2. The van der Waals surface area contributed by atoms with Gasteiger partial charge in [-0.25, -0.2) is 0 Å². The van der Waals surface area contributed by atoms with E-state index in [1.165, 1.54) is 11.1 Å². The molecular weight excluding hydrogens is 202 g/mol. The second kappa shape index (κ2) is 4.66. The van der Waals surface area contributed by atoms with Crippen LogP contribution in [0.15, 0.2) is 24.3 Å². The molecule has 0 radical (unpaired) electrons. The average molecular weight is 219 g/mol. The number of carbonyl (C=O) groups excluding carboxylic acids is 1. The van der Waals surface area contributed by atoms with Crippen molar-refractivity contribution in [2.45, 2.75) is 25.8 Å². The quantitative estimate of drug-likeness (QED) is 0.826. The Bertz CT molecular complexity index is 387. The van der Waals surface area contributed by atoms with Gasteiger partial charge in [0, 0.05) is 0 Å². The molecule has 3 heteroatoms. The van der Waals surface area contributed by atoms with Crippen molar-refractivity contribution in [3.05, 3.63) is 35.4 Å². The maximum absolute atomic E-state index is 11.3. The zero-order chi connectivity index (χ0) is 11.5. The van der Waals surface area contributed by atoms with Gasteiger partial charge in [0.05, 0.1) is 12.6 Å². The van der Waals surface area contributed by atoms with Crippen molar-refractivity contribution >= 4 is 5.91 Å². The van der Waals surface area contributed by atoms with Crippen LogP contribution in [-0.2, 0) is 9.53 Å². The number of nitrogens with one attached hydrogen (secondary N) is 1. The molecule has 1 amide bonds. The van der Waals surface area contributed by atoms with Crippen molar-refractivity contribution in [3.8, 4) is 0 Å². The summed E-state index contributed by atoms with van der Waals surface area (Å²) >= 11 is 0. The van der Waals surface area contributed by atoms with Crippen molar-refractivity contribution in [2.75, 3.05) is 13.2 Å². The third kappa shape index (κ3) is 2.25. The highest BCUT2D eigenvalue weighted by Gasteiger charge is 2.22. The van der Waals surface area contributed by atoms with Gasteiger partial charge >= 0.3 is 0 Å². The summed E-state index contributed by atoms with van der Waals surface area (Å²) in [5.74, 6) is 0.421. The number of hydrogen-bond acceptors (Lipinski definition) is 2. The highest BCUT2D eigenvalue weighted by molar-refractivity contribution is 5.78. The fourth-order valence-corrected chi connectivity index (χ4v) is 2.07. The predicted octanol–water partition coefficient (Wildman–Crippen LogP) is 2.00. The van der Waals surface area contributed by atoms with Crippen LogP contribution >= 0.6 is 0 Å². The SMILES string of the molecule is CC(C)c1ccccc1C1COCC(=O)N1. The van der Waals surface area contributed by atoms with E-state index < -0.39 is 0 Å². The molecule has 0 aromatic heterocycles. The molecule has 0 saturated carbocycles. The average Bonchev–Trinajstić information content (AvgIpc) is 2.29. The molecule has 1 fully saturated rings. The standard InChI is InChI=1S/C13H17NO2/c1-9(2)10-5-3-4-6-11(10)12-7-16-8-13(15)14-12/h3-6,9,12H,7-8H2,1-2H3,(H,14,15). The Kier molecular flexibility index (Phi) is 3.25. The van der Waals surface area contributed by atoms with Crippen LogP contribution in [0.4, 0.5) is 0 Å². The number of benzene rings is 1. The summed E-state index contributed by atoms with van der Waals surface area (Å²) in [5, 5.41) is 2.96. The van der Waals surface area contributed by atoms with Gasteiger partial charge < -0.3 is 10.1 Å². The van der Waals surface area contributed by atoms with Crippen LogP contribution in [0.3, 0.4) is 0 Å². The monoisotopic (exact) mass is 219 g/mol. The first-order valence-electron chi connectivity index (χ1n) is 5.64. The number of amides is 1. The van der Waals surface area contributed by atoms with Gasteiger partial charge in [0.2, 0.25) is 5.91 Å². The largest absolute Gasteiger partial charge is 0.369 e. The molecule has 0 aliphatic carbocycles. The maximum atomic E-state index is 11.3. The van der Waals surface area contributed by atoms with Crippen LogP contribution in [0, 0.1) is 0 Å². The molecule has 16 heavy (non-hydrogen) atoms. The van der Waals surface area contributed by atoms with Crippen LogP contribution in [0.25, 0.3) is 0 Å². The molecule has 1 saturated heterocycles. The van der Waals surface area contributed by atoms with Crippen molar-refractivity contribution in [2.24, 2.45) is 0 Å². The topological polar surface area (TPSA) is 38.3 Å². The van der Waals surface area contributed by atoms with Gasteiger partial charge in [-0.05, 0) is 17.0 Å². The second-order valence-corrected chi connectivity index (χ2v) is 4.42. The van der Waals surface area contributed by atoms with E-state index in [4.69, 9.17) is 4.74 Å². The molecule has 3 nitrogen and oxygen atoms in total. The molecule has 1 unspecified atom stereocenters. The van der Waals surface area contributed by atoms with E-state index in [2.05, 4.69) is 31.3 Å². The molecule has 1 heterocycles. The molecule has 1 aliphatic heterocycles. The minimum absolute atomic E-state index is 0.000139. The Balaban J connectivity index is 2.28. The molecule has 1 N–H and O–H groups in total.